The van der Waals surface area contributed by atoms with Crippen molar-refractivity contribution >= 4 is 24.8 Å². The summed E-state index contributed by atoms with van der Waals surface area (Å²) in [4.78, 5) is 7.21. The third-order valence-electron chi connectivity index (χ3n) is 6.54. The number of ether oxygens (including phenoxy) is 5. The van der Waals surface area contributed by atoms with Crippen LogP contribution in [0.1, 0.15) is 36.4 Å². The van der Waals surface area contributed by atoms with E-state index in [0.29, 0.717) is 17.2 Å². The molecule has 1 atom stereocenters. The minimum absolute atomic E-state index is 0. The van der Waals surface area contributed by atoms with Crippen molar-refractivity contribution in [2.75, 3.05) is 48.6 Å². The maximum Gasteiger partial charge on any atom is 0.203 e. The number of methoxy groups -OCH3 is 5. The average molecular weight is 552 g/mol. The van der Waals surface area contributed by atoms with Gasteiger partial charge in [0, 0.05) is 17.3 Å². The summed E-state index contributed by atoms with van der Waals surface area (Å²) in [5, 5.41) is 0. The Labute approximate surface area is 231 Å². The summed E-state index contributed by atoms with van der Waals surface area (Å²) in [6.45, 7) is 2.04. The fourth-order valence-corrected chi connectivity index (χ4v) is 4.89. The Morgan fingerprint density at radius 1 is 0.703 bits per heavy atom. The molecule has 0 bridgehead atoms. The summed E-state index contributed by atoms with van der Waals surface area (Å²) in [7, 11) is 8.21. The molecule has 0 saturated carbocycles. The second-order valence-corrected chi connectivity index (χ2v) is 8.47. The molecule has 2 heterocycles. The molecule has 1 aliphatic rings. The van der Waals surface area contributed by atoms with E-state index in [1.165, 1.54) is 19.3 Å². The highest BCUT2D eigenvalue weighted by atomic mass is 35.5. The number of piperidine rings is 1. The molecule has 3 aromatic rings. The predicted octanol–water partition coefficient (Wildman–Crippen LogP) is 6.21. The molecule has 0 N–H and O–H groups in total. The Kier molecular flexibility index (Phi) is 11.6. The van der Waals surface area contributed by atoms with E-state index in [2.05, 4.69) is 28.1 Å². The van der Waals surface area contributed by atoms with Gasteiger partial charge in [-0.2, -0.15) is 0 Å². The zero-order valence-electron chi connectivity index (χ0n) is 22.0. The molecule has 1 unspecified atom stereocenters. The van der Waals surface area contributed by atoms with Gasteiger partial charge in [-0.1, -0.05) is 18.6 Å². The van der Waals surface area contributed by atoms with E-state index >= 15 is 0 Å². The van der Waals surface area contributed by atoms with E-state index in [0.717, 1.165) is 47.0 Å². The Balaban J connectivity index is 0.00000241. The Hall–Kier alpha value is -2.87. The molecule has 0 radical (unpaired) electrons. The molecule has 1 aliphatic heterocycles. The number of hydrogen-bond acceptors (Lipinski definition) is 7. The van der Waals surface area contributed by atoms with E-state index < -0.39 is 0 Å². The Morgan fingerprint density at radius 3 is 1.89 bits per heavy atom. The fraction of sp³-hybridized carbons (Fsp3) is 0.393. The highest BCUT2D eigenvalue weighted by molar-refractivity contribution is 5.85. The van der Waals surface area contributed by atoms with Gasteiger partial charge in [0.2, 0.25) is 5.75 Å². The van der Waals surface area contributed by atoms with Gasteiger partial charge >= 0.3 is 0 Å². The van der Waals surface area contributed by atoms with Gasteiger partial charge in [-0.3, -0.25) is 9.88 Å². The van der Waals surface area contributed by atoms with Gasteiger partial charge in [-0.05, 0) is 61.8 Å². The molecule has 7 nitrogen and oxygen atoms in total. The van der Waals surface area contributed by atoms with Crippen molar-refractivity contribution in [1.82, 2.24) is 9.88 Å². The molecular weight excluding hydrogens is 515 g/mol. The highest BCUT2D eigenvalue weighted by Gasteiger charge is 2.28. The number of pyridine rings is 1. The number of rotatable bonds is 9. The third kappa shape index (κ3) is 6.35. The lowest BCUT2D eigenvalue weighted by atomic mass is 9.93. The molecule has 2 aromatic carbocycles. The van der Waals surface area contributed by atoms with Crippen LogP contribution < -0.4 is 23.7 Å². The predicted molar refractivity (Wildman–Crippen MR) is 151 cm³/mol. The first-order chi connectivity index (χ1) is 17.1. The minimum atomic E-state index is 0. The lowest BCUT2D eigenvalue weighted by Gasteiger charge is -2.36. The van der Waals surface area contributed by atoms with Gasteiger partial charge in [-0.25, -0.2) is 0 Å². The van der Waals surface area contributed by atoms with E-state index in [-0.39, 0.29) is 30.9 Å². The van der Waals surface area contributed by atoms with Crippen LogP contribution in [0.2, 0.25) is 0 Å². The van der Waals surface area contributed by atoms with E-state index in [1.807, 2.05) is 30.5 Å². The van der Waals surface area contributed by atoms with Gasteiger partial charge in [-0.15, -0.1) is 24.8 Å². The number of halogens is 2. The van der Waals surface area contributed by atoms with Crippen LogP contribution in [0.15, 0.2) is 48.7 Å². The van der Waals surface area contributed by atoms with Crippen LogP contribution in [0, 0.1) is 0 Å². The average Bonchev–Trinajstić information content (AvgIpc) is 2.92. The SMILES string of the molecule is COc1cc(-c2cc(C(c3cccc(OC)c3OC)N3CCCCC3)ccn2)cc(OC)c1OC.Cl.Cl. The molecule has 37 heavy (non-hydrogen) atoms. The molecule has 0 aliphatic carbocycles. The van der Waals surface area contributed by atoms with Crippen LogP contribution in [0.3, 0.4) is 0 Å². The standard InChI is InChI=1S/C28H34N2O5.2ClH/c1-31-23-11-9-10-21(27(23)34-4)26(30-14-7-6-8-15-30)19-12-13-29-22(16-19)20-17-24(32-2)28(35-5)25(18-20)33-3;;/h9-13,16-18,26H,6-8,14-15H2,1-5H3;2*1H. The molecule has 4 rings (SSSR count). The molecule has 202 valence electrons. The van der Waals surface area contributed by atoms with Crippen LogP contribution in [0.25, 0.3) is 11.3 Å². The first-order valence-corrected chi connectivity index (χ1v) is 11.9. The van der Waals surface area contributed by atoms with Gasteiger partial charge in [0.15, 0.2) is 23.0 Å². The molecule has 0 amide bonds. The molecular formula is C28H36Cl2N2O5. The monoisotopic (exact) mass is 550 g/mol. The second-order valence-electron chi connectivity index (χ2n) is 8.47. The fourth-order valence-electron chi connectivity index (χ4n) is 4.89. The van der Waals surface area contributed by atoms with Crippen LogP contribution >= 0.6 is 24.8 Å². The van der Waals surface area contributed by atoms with Crippen molar-refractivity contribution in [2.24, 2.45) is 0 Å². The van der Waals surface area contributed by atoms with Crippen molar-refractivity contribution in [3.8, 4) is 40.0 Å². The number of likely N-dealkylation sites (tertiary alicyclic amines) is 1. The van der Waals surface area contributed by atoms with Gasteiger partial charge in [0.25, 0.3) is 0 Å². The van der Waals surface area contributed by atoms with Gasteiger partial charge in [0.1, 0.15) is 0 Å². The first-order valence-electron chi connectivity index (χ1n) is 11.9. The Bertz CT molecular complexity index is 1130. The van der Waals surface area contributed by atoms with Crippen molar-refractivity contribution in [3.05, 3.63) is 59.8 Å². The first kappa shape index (κ1) is 30.4. The van der Waals surface area contributed by atoms with Gasteiger partial charge in [0.05, 0.1) is 47.3 Å². The third-order valence-corrected chi connectivity index (χ3v) is 6.54. The quantitative estimate of drug-likeness (QED) is 0.313. The number of para-hydroxylation sites is 1. The number of hydrogen-bond donors (Lipinski definition) is 0. The van der Waals surface area contributed by atoms with E-state index in [9.17, 15) is 0 Å². The smallest absolute Gasteiger partial charge is 0.203 e. The van der Waals surface area contributed by atoms with Gasteiger partial charge < -0.3 is 23.7 Å². The van der Waals surface area contributed by atoms with Crippen LogP contribution in [0.4, 0.5) is 0 Å². The topological polar surface area (TPSA) is 62.3 Å². The lowest BCUT2D eigenvalue weighted by molar-refractivity contribution is 0.184. The van der Waals surface area contributed by atoms with Crippen molar-refractivity contribution in [3.63, 3.8) is 0 Å². The largest absolute Gasteiger partial charge is 0.493 e. The molecule has 0 spiro atoms. The van der Waals surface area contributed by atoms with Crippen LogP contribution in [-0.4, -0.2) is 58.5 Å². The van der Waals surface area contributed by atoms with Crippen molar-refractivity contribution in [1.29, 1.82) is 0 Å². The lowest BCUT2D eigenvalue weighted by Crippen LogP contribution is -2.34. The van der Waals surface area contributed by atoms with Crippen molar-refractivity contribution < 1.29 is 23.7 Å². The zero-order chi connectivity index (χ0) is 24.8. The molecule has 1 saturated heterocycles. The Morgan fingerprint density at radius 2 is 1.32 bits per heavy atom. The van der Waals surface area contributed by atoms with Crippen LogP contribution in [0.5, 0.6) is 28.7 Å². The van der Waals surface area contributed by atoms with Crippen LogP contribution in [-0.2, 0) is 0 Å². The number of benzene rings is 2. The zero-order valence-corrected chi connectivity index (χ0v) is 23.6. The second kappa shape index (κ2) is 14.2. The summed E-state index contributed by atoms with van der Waals surface area (Å²) >= 11 is 0. The molecule has 1 fully saturated rings. The molecule has 9 heteroatoms. The summed E-state index contributed by atoms with van der Waals surface area (Å²) in [5.41, 5.74) is 3.93. The van der Waals surface area contributed by atoms with E-state index in [1.54, 1.807) is 35.5 Å². The summed E-state index contributed by atoms with van der Waals surface area (Å²) < 4.78 is 28.1. The van der Waals surface area contributed by atoms with E-state index in [4.69, 9.17) is 23.7 Å². The maximum atomic E-state index is 5.85. The molecule has 1 aromatic heterocycles. The maximum absolute atomic E-state index is 5.85. The highest BCUT2D eigenvalue weighted by Crippen LogP contribution is 2.43. The minimum Gasteiger partial charge on any atom is -0.493 e. The van der Waals surface area contributed by atoms with Crippen molar-refractivity contribution in [2.45, 2.75) is 25.3 Å². The number of nitrogens with zero attached hydrogens (tertiary/aromatic N) is 2. The normalized spacial score (nSPS) is 14.0. The number of aromatic nitrogens is 1. The summed E-state index contributed by atoms with van der Waals surface area (Å²) in [6, 6.07) is 14.2. The summed E-state index contributed by atoms with van der Waals surface area (Å²) in [5.74, 6) is 3.23. The summed E-state index contributed by atoms with van der Waals surface area (Å²) in [6.07, 6.45) is 5.46.